The van der Waals surface area contributed by atoms with Crippen LogP contribution in [0, 0.1) is 30.3 Å². The molecule has 0 saturated carbocycles. The third-order valence-corrected chi connectivity index (χ3v) is 9.58. The van der Waals surface area contributed by atoms with Crippen LogP contribution >= 0.6 is 11.8 Å². The molecule has 1 fully saturated rings. The molecule has 0 bridgehead atoms. The van der Waals surface area contributed by atoms with Gasteiger partial charge in [-0.3, -0.25) is 49.6 Å². The van der Waals surface area contributed by atoms with Crippen LogP contribution in [0.5, 0.6) is 5.75 Å². The van der Waals surface area contributed by atoms with E-state index in [1.807, 2.05) is 0 Å². The summed E-state index contributed by atoms with van der Waals surface area (Å²) < 4.78 is 15.8. The number of carbonyl (C=O) groups is 5. The van der Waals surface area contributed by atoms with E-state index >= 15 is 0 Å². The Bertz CT molecular complexity index is 2050. The fourth-order valence-corrected chi connectivity index (χ4v) is 6.81. The van der Waals surface area contributed by atoms with Gasteiger partial charge in [0, 0.05) is 34.9 Å². The first-order valence-electron chi connectivity index (χ1n) is 16.2. The van der Waals surface area contributed by atoms with E-state index < -0.39 is 79.5 Å². The number of carbonyl (C=O) groups excluding carboxylic acids is 5. The summed E-state index contributed by atoms with van der Waals surface area (Å²) in [5.41, 5.74) is -1.93. The Kier molecular flexibility index (Phi) is 12.4. The molecule has 3 amide bonds. The molecule has 1 saturated heterocycles. The summed E-state index contributed by atoms with van der Waals surface area (Å²) in [6.07, 6.45) is 0.400. The van der Waals surface area contributed by atoms with Crippen molar-refractivity contribution in [2.75, 3.05) is 19.5 Å². The first-order chi connectivity index (χ1) is 26.3. The minimum Gasteiger partial charge on any atom is -0.484 e. The molecule has 2 N–H and O–H groups in total. The van der Waals surface area contributed by atoms with Crippen LogP contribution < -0.4 is 15.4 Å². The zero-order valence-corrected chi connectivity index (χ0v) is 29.4. The molecule has 0 spiro atoms. The molecular weight excluding hydrogens is 748 g/mol. The molecule has 3 aromatic rings. The number of nitro benzene ring substituents is 3. The second kappa shape index (κ2) is 17.3. The molecule has 5 rings (SSSR count). The molecule has 2 aliphatic heterocycles. The van der Waals surface area contributed by atoms with Gasteiger partial charge in [-0.1, -0.05) is 18.2 Å². The first kappa shape index (κ1) is 39.3. The molecule has 0 aromatic heterocycles. The number of nitrogens with zero attached hydrogens (tertiary/aromatic N) is 4. The molecule has 20 nitrogen and oxygen atoms in total. The highest BCUT2D eigenvalue weighted by atomic mass is 32.2. The van der Waals surface area contributed by atoms with Gasteiger partial charge >= 0.3 is 11.9 Å². The van der Waals surface area contributed by atoms with E-state index in [-0.39, 0.29) is 48.1 Å². The van der Waals surface area contributed by atoms with Gasteiger partial charge in [0.1, 0.15) is 30.1 Å². The van der Waals surface area contributed by atoms with Crippen LogP contribution in [-0.4, -0.2) is 86.9 Å². The predicted molar refractivity (Wildman–Crippen MR) is 189 cm³/mol. The van der Waals surface area contributed by atoms with Gasteiger partial charge in [-0.25, -0.2) is 9.59 Å². The highest BCUT2D eigenvalue weighted by molar-refractivity contribution is 8.03. The topological polar surface area (TPSA) is 270 Å². The number of esters is 2. The van der Waals surface area contributed by atoms with E-state index in [0.717, 1.165) is 31.0 Å². The van der Waals surface area contributed by atoms with E-state index in [0.29, 0.717) is 17.4 Å². The molecule has 0 unspecified atom stereocenters. The number of amides is 3. The van der Waals surface area contributed by atoms with Crippen molar-refractivity contribution in [1.82, 2.24) is 15.5 Å². The van der Waals surface area contributed by atoms with Crippen LogP contribution in [0.4, 0.5) is 17.1 Å². The fraction of sp³-hybridized carbons (Fsp3) is 0.265. The number of nitrogens with one attached hydrogen (secondary N) is 2. The summed E-state index contributed by atoms with van der Waals surface area (Å²) in [4.78, 5) is 98.5. The number of para-hydroxylation sites is 1. The molecule has 286 valence electrons. The average Bonchev–Trinajstić information content (AvgIpc) is 3.19. The highest BCUT2D eigenvalue weighted by Gasteiger charge is 2.54. The quantitative estimate of drug-likeness (QED) is 0.0916. The SMILES string of the molecule is COC(=O)[C@H](CSC1=C(C(=O)OCc2ccc([N+](=O)[O-])cc2)N2C(=O)[C@@H](NC(=O)COc3ccccc3)[C@H]2CC1)NC(=O)c1cc([N+](=O)[O-])cc([N+](=O)[O-])c1. The average molecular weight is 779 g/mol. The van der Waals surface area contributed by atoms with Crippen molar-refractivity contribution in [2.45, 2.75) is 37.6 Å². The Labute approximate surface area is 314 Å². The number of nitro groups is 3. The predicted octanol–water partition coefficient (Wildman–Crippen LogP) is 2.94. The molecule has 3 atom stereocenters. The number of thioether (sulfide) groups is 1. The Morgan fingerprint density at radius 2 is 1.55 bits per heavy atom. The zero-order valence-electron chi connectivity index (χ0n) is 28.6. The fourth-order valence-electron chi connectivity index (χ4n) is 5.64. The number of β-lactam (4-membered cyclic amide) rings is 1. The Balaban J connectivity index is 1.35. The summed E-state index contributed by atoms with van der Waals surface area (Å²) in [6, 6.07) is 12.9. The molecule has 3 aromatic carbocycles. The lowest BCUT2D eigenvalue weighted by Crippen LogP contribution is -2.72. The summed E-state index contributed by atoms with van der Waals surface area (Å²) in [6.45, 7) is -0.718. The van der Waals surface area contributed by atoms with Crippen LogP contribution in [0.25, 0.3) is 0 Å². The summed E-state index contributed by atoms with van der Waals surface area (Å²) in [5, 5.41) is 38.7. The third kappa shape index (κ3) is 9.37. The lowest BCUT2D eigenvalue weighted by Gasteiger charge is -2.50. The Morgan fingerprint density at radius 3 is 2.15 bits per heavy atom. The van der Waals surface area contributed by atoms with Gasteiger partial charge in [0.05, 0.1) is 39.6 Å². The van der Waals surface area contributed by atoms with Gasteiger partial charge in [0.2, 0.25) is 0 Å². The van der Waals surface area contributed by atoms with Gasteiger partial charge in [0.25, 0.3) is 34.8 Å². The Morgan fingerprint density at radius 1 is 0.909 bits per heavy atom. The third-order valence-electron chi connectivity index (χ3n) is 8.33. The van der Waals surface area contributed by atoms with E-state index in [9.17, 15) is 54.3 Å². The van der Waals surface area contributed by atoms with Crippen molar-refractivity contribution in [2.24, 2.45) is 0 Å². The maximum absolute atomic E-state index is 13.7. The molecule has 0 aliphatic carbocycles. The molecule has 2 heterocycles. The van der Waals surface area contributed by atoms with Crippen molar-refractivity contribution < 1.29 is 53.0 Å². The Hall–Kier alpha value is -6.90. The lowest BCUT2D eigenvalue weighted by atomic mass is 9.86. The van der Waals surface area contributed by atoms with Gasteiger partial charge in [-0.05, 0) is 42.7 Å². The van der Waals surface area contributed by atoms with Crippen LogP contribution in [0.1, 0.15) is 28.8 Å². The zero-order chi connectivity index (χ0) is 39.8. The maximum Gasteiger partial charge on any atom is 0.356 e. The van der Waals surface area contributed by atoms with Crippen molar-refractivity contribution in [3.8, 4) is 5.75 Å². The normalized spacial score (nSPS) is 16.5. The van der Waals surface area contributed by atoms with E-state index in [1.165, 1.54) is 29.2 Å². The van der Waals surface area contributed by atoms with Crippen molar-refractivity contribution in [3.05, 3.63) is 125 Å². The van der Waals surface area contributed by atoms with Crippen LogP contribution in [-0.2, 0) is 35.3 Å². The number of hydrogen-bond acceptors (Lipinski definition) is 15. The first-order valence-corrected chi connectivity index (χ1v) is 17.1. The van der Waals surface area contributed by atoms with Crippen molar-refractivity contribution in [3.63, 3.8) is 0 Å². The largest absolute Gasteiger partial charge is 0.484 e. The van der Waals surface area contributed by atoms with Crippen LogP contribution in [0.15, 0.2) is 83.4 Å². The molecule has 55 heavy (non-hydrogen) atoms. The van der Waals surface area contributed by atoms with E-state index in [2.05, 4.69) is 10.6 Å². The van der Waals surface area contributed by atoms with Gasteiger partial charge < -0.3 is 24.8 Å². The van der Waals surface area contributed by atoms with Crippen LogP contribution in [0.3, 0.4) is 0 Å². The number of allylic oxidation sites excluding steroid dienone is 1. The highest BCUT2D eigenvalue weighted by Crippen LogP contribution is 2.41. The second-order valence-electron chi connectivity index (χ2n) is 11.8. The van der Waals surface area contributed by atoms with Crippen molar-refractivity contribution in [1.29, 1.82) is 0 Å². The minimum absolute atomic E-state index is 0.146. The number of hydrogen-bond donors (Lipinski definition) is 2. The van der Waals surface area contributed by atoms with Gasteiger partial charge in [-0.15, -0.1) is 11.8 Å². The van der Waals surface area contributed by atoms with E-state index in [4.69, 9.17) is 14.2 Å². The molecule has 21 heteroatoms. The lowest BCUT2D eigenvalue weighted by molar-refractivity contribution is -0.394. The summed E-state index contributed by atoms with van der Waals surface area (Å²) >= 11 is 0.899. The molecular formula is C34H30N6O14S. The van der Waals surface area contributed by atoms with Crippen LogP contribution in [0.2, 0.25) is 0 Å². The van der Waals surface area contributed by atoms with E-state index in [1.54, 1.807) is 30.3 Å². The van der Waals surface area contributed by atoms with Crippen molar-refractivity contribution >= 4 is 58.5 Å². The smallest absolute Gasteiger partial charge is 0.356 e. The summed E-state index contributed by atoms with van der Waals surface area (Å²) in [7, 11) is 1.04. The molecule has 2 aliphatic rings. The standard InChI is InChI=1S/C34H30N6O14S/c1-52-33(44)25(35-31(42)20-13-22(39(48)49)15-23(14-20)40(50)51)18-55-27-12-11-26-29(36-28(41)17-53-24-5-3-2-4-6-24)32(43)37(26)30(27)34(45)54-16-19-7-9-21(10-8-19)38(46)47/h2-10,13-15,25-26,29H,11-12,16-18H2,1H3,(H,35,42)(H,36,41)/t25-,26+,29-/m0/s1. The van der Waals surface area contributed by atoms with Gasteiger partial charge in [-0.2, -0.15) is 0 Å². The number of rotatable bonds is 16. The minimum atomic E-state index is -1.45. The van der Waals surface area contributed by atoms with Gasteiger partial charge in [0.15, 0.2) is 6.61 Å². The second-order valence-corrected chi connectivity index (χ2v) is 13.0. The molecule has 0 radical (unpaired) electrons. The number of benzene rings is 3. The monoisotopic (exact) mass is 778 g/mol. The number of non-ortho nitro benzene ring substituents is 3. The number of fused-ring (bicyclic) bond motifs is 1. The number of methoxy groups -OCH3 is 1. The maximum atomic E-state index is 13.7. The number of ether oxygens (including phenoxy) is 3. The summed E-state index contributed by atoms with van der Waals surface area (Å²) in [5.74, 6) is -4.07.